The number of rotatable bonds is 4. The first-order valence-corrected chi connectivity index (χ1v) is 5.32. The molecule has 1 aromatic heterocycles. The van der Waals surface area contributed by atoms with Gasteiger partial charge in [0.05, 0.1) is 12.8 Å². The fourth-order valence-corrected chi connectivity index (χ4v) is 1.35. The van der Waals surface area contributed by atoms with E-state index in [1.165, 1.54) is 25.3 Å². The van der Waals surface area contributed by atoms with Crippen LogP contribution in [0.4, 0.5) is 13.2 Å². The second-order valence-electron chi connectivity index (χ2n) is 3.58. The van der Waals surface area contributed by atoms with Crippen molar-refractivity contribution >= 4 is 12.0 Å². The SMILES string of the molecule is C=CCc1nc(C(F)(F)F)ccc1/C=C/C(=O)OC. The Morgan fingerprint density at radius 1 is 1.47 bits per heavy atom. The molecule has 0 unspecified atom stereocenters. The second-order valence-corrected chi connectivity index (χ2v) is 3.58. The number of ether oxygens (including phenoxy) is 1. The van der Waals surface area contributed by atoms with Gasteiger partial charge in [-0.3, -0.25) is 0 Å². The monoisotopic (exact) mass is 271 g/mol. The lowest BCUT2D eigenvalue weighted by Crippen LogP contribution is -2.10. The molecule has 0 amide bonds. The van der Waals surface area contributed by atoms with Gasteiger partial charge < -0.3 is 4.74 Å². The Morgan fingerprint density at radius 2 is 2.16 bits per heavy atom. The lowest BCUT2D eigenvalue weighted by Gasteiger charge is -2.09. The van der Waals surface area contributed by atoms with E-state index >= 15 is 0 Å². The maximum atomic E-state index is 12.5. The molecule has 1 heterocycles. The summed E-state index contributed by atoms with van der Waals surface area (Å²) < 4.78 is 42.0. The average Bonchev–Trinajstić information content (AvgIpc) is 2.36. The minimum Gasteiger partial charge on any atom is -0.466 e. The van der Waals surface area contributed by atoms with Crippen molar-refractivity contribution in [3.05, 3.63) is 47.8 Å². The maximum Gasteiger partial charge on any atom is 0.433 e. The molecule has 0 bridgehead atoms. The molecular formula is C13H12F3NO2. The van der Waals surface area contributed by atoms with Crippen molar-refractivity contribution in [1.29, 1.82) is 0 Å². The fraction of sp³-hybridized carbons (Fsp3) is 0.231. The van der Waals surface area contributed by atoms with Crippen molar-refractivity contribution < 1.29 is 22.7 Å². The molecule has 0 aromatic carbocycles. The third kappa shape index (κ3) is 4.24. The van der Waals surface area contributed by atoms with Crippen LogP contribution in [0.3, 0.4) is 0 Å². The van der Waals surface area contributed by atoms with Crippen LogP contribution in [0.2, 0.25) is 0 Å². The zero-order valence-corrected chi connectivity index (χ0v) is 10.2. The first-order chi connectivity index (χ1) is 8.88. The summed E-state index contributed by atoms with van der Waals surface area (Å²) in [6.45, 7) is 3.46. The van der Waals surface area contributed by atoms with Gasteiger partial charge in [0, 0.05) is 12.5 Å². The van der Waals surface area contributed by atoms with Gasteiger partial charge in [0.1, 0.15) is 5.69 Å². The number of aromatic nitrogens is 1. The molecular weight excluding hydrogens is 259 g/mol. The molecule has 0 aliphatic rings. The van der Waals surface area contributed by atoms with Crippen LogP contribution in [0.1, 0.15) is 17.0 Å². The summed E-state index contributed by atoms with van der Waals surface area (Å²) >= 11 is 0. The summed E-state index contributed by atoms with van der Waals surface area (Å²) in [5.41, 5.74) is -0.358. The van der Waals surface area contributed by atoms with E-state index in [1.54, 1.807) is 0 Å². The molecule has 0 saturated carbocycles. The number of esters is 1. The van der Waals surface area contributed by atoms with Crippen LogP contribution in [-0.2, 0) is 22.1 Å². The van der Waals surface area contributed by atoms with E-state index in [9.17, 15) is 18.0 Å². The minimum absolute atomic E-state index is 0.171. The van der Waals surface area contributed by atoms with Gasteiger partial charge in [-0.05, 0) is 17.7 Å². The molecule has 3 nitrogen and oxygen atoms in total. The lowest BCUT2D eigenvalue weighted by molar-refractivity contribution is -0.141. The standard InChI is InChI=1S/C13H12F3NO2/c1-3-4-10-9(6-8-12(18)19-2)5-7-11(17-10)13(14,15)16/h3,5-8H,1,4H2,2H3/b8-6+. The largest absolute Gasteiger partial charge is 0.466 e. The van der Waals surface area contributed by atoms with E-state index in [0.717, 1.165) is 12.1 Å². The Kier molecular flexibility index (Phi) is 4.86. The van der Waals surface area contributed by atoms with Crippen molar-refractivity contribution in [3.8, 4) is 0 Å². The molecule has 0 aliphatic heterocycles. The molecule has 0 radical (unpaired) electrons. The highest BCUT2D eigenvalue weighted by Crippen LogP contribution is 2.28. The third-order valence-electron chi connectivity index (χ3n) is 2.24. The molecule has 6 heteroatoms. The Labute approximate surface area is 108 Å². The molecule has 0 spiro atoms. The number of carbonyl (C=O) groups excluding carboxylic acids is 1. The quantitative estimate of drug-likeness (QED) is 0.480. The van der Waals surface area contributed by atoms with Crippen LogP contribution in [-0.4, -0.2) is 18.1 Å². The van der Waals surface area contributed by atoms with Crippen molar-refractivity contribution in [3.63, 3.8) is 0 Å². The summed E-state index contributed by atoms with van der Waals surface area (Å²) in [5.74, 6) is -0.593. The number of pyridine rings is 1. The van der Waals surface area contributed by atoms with Crippen LogP contribution >= 0.6 is 0 Å². The number of alkyl halides is 3. The van der Waals surface area contributed by atoms with Gasteiger partial charge in [-0.15, -0.1) is 6.58 Å². The topological polar surface area (TPSA) is 39.2 Å². The molecule has 0 N–H and O–H groups in total. The van der Waals surface area contributed by atoms with Crippen molar-refractivity contribution in [1.82, 2.24) is 4.98 Å². The van der Waals surface area contributed by atoms with Crippen LogP contribution < -0.4 is 0 Å². The van der Waals surface area contributed by atoms with E-state index in [2.05, 4.69) is 16.3 Å². The van der Waals surface area contributed by atoms with Crippen LogP contribution in [0.15, 0.2) is 30.9 Å². The predicted octanol–water partition coefficient (Wildman–Crippen LogP) is 3.02. The highest BCUT2D eigenvalue weighted by molar-refractivity contribution is 5.87. The molecule has 0 saturated heterocycles. The van der Waals surface area contributed by atoms with Gasteiger partial charge in [0.25, 0.3) is 0 Å². The number of allylic oxidation sites excluding steroid dienone is 1. The van der Waals surface area contributed by atoms with Crippen LogP contribution in [0, 0.1) is 0 Å². The summed E-state index contributed by atoms with van der Waals surface area (Å²) in [4.78, 5) is 14.5. The lowest BCUT2D eigenvalue weighted by atomic mass is 10.1. The van der Waals surface area contributed by atoms with E-state index < -0.39 is 17.8 Å². The van der Waals surface area contributed by atoms with Gasteiger partial charge >= 0.3 is 12.1 Å². The highest BCUT2D eigenvalue weighted by atomic mass is 19.4. The Bertz CT molecular complexity index is 507. The number of hydrogen-bond donors (Lipinski definition) is 0. The fourth-order valence-electron chi connectivity index (χ4n) is 1.35. The van der Waals surface area contributed by atoms with Gasteiger partial charge in [0.2, 0.25) is 0 Å². The first-order valence-electron chi connectivity index (χ1n) is 5.32. The van der Waals surface area contributed by atoms with Crippen LogP contribution in [0.25, 0.3) is 6.08 Å². The number of hydrogen-bond acceptors (Lipinski definition) is 3. The number of carbonyl (C=O) groups is 1. The number of methoxy groups -OCH3 is 1. The number of nitrogens with zero attached hydrogens (tertiary/aromatic N) is 1. The molecule has 0 fully saturated rings. The normalized spacial score (nSPS) is 11.6. The molecule has 19 heavy (non-hydrogen) atoms. The predicted molar refractivity (Wildman–Crippen MR) is 64.2 cm³/mol. The van der Waals surface area contributed by atoms with Crippen molar-refractivity contribution in [2.75, 3.05) is 7.11 Å². The Morgan fingerprint density at radius 3 is 2.68 bits per heavy atom. The Hall–Kier alpha value is -2.11. The first kappa shape index (κ1) is 14.9. The molecule has 1 rings (SSSR count). The van der Waals surface area contributed by atoms with Crippen molar-refractivity contribution in [2.45, 2.75) is 12.6 Å². The summed E-state index contributed by atoms with van der Waals surface area (Å²) in [6, 6.07) is 2.12. The minimum atomic E-state index is -4.50. The summed E-state index contributed by atoms with van der Waals surface area (Å²) in [6.07, 6.45) is -0.405. The Balaban J connectivity index is 3.15. The van der Waals surface area contributed by atoms with Crippen molar-refractivity contribution in [2.24, 2.45) is 0 Å². The van der Waals surface area contributed by atoms with E-state index in [4.69, 9.17) is 0 Å². The van der Waals surface area contributed by atoms with Gasteiger partial charge in [-0.2, -0.15) is 13.2 Å². The zero-order chi connectivity index (χ0) is 14.5. The average molecular weight is 271 g/mol. The van der Waals surface area contributed by atoms with E-state index in [1.807, 2.05) is 0 Å². The highest BCUT2D eigenvalue weighted by Gasteiger charge is 2.32. The number of halogens is 3. The summed E-state index contributed by atoms with van der Waals surface area (Å²) in [7, 11) is 1.21. The third-order valence-corrected chi connectivity index (χ3v) is 2.24. The molecule has 0 atom stereocenters. The maximum absolute atomic E-state index is 12.5. The summed E-state index contributed by atoms with van der Waals surface area (Å²) in [5, 5.41) is 0. The zero-order valence-electron chi connectivity index (χ0n) is 10.2. The molecule has 0 aliphatic carbocycles. The molecule has 102 valence electrons. The van der Waals surface area contributed by atoms with Gasteiger partial charge in [0.15, 0.2) is 0 Å². The van der Waals surface area contributed by atoms with E-state index in [0.29, 0.717) is 5.56 Å². The molecule has 1 aromatic rings. The second kappa shape index (κ2) is 6.17. The van der Waals surface area contributed by atoms with Gasteiger partial charge in [-0.1, -0.05) is 12.1 Å². The smallest absolute Gasteiger partial charge is 0.433 e. The van der Waals surface area contributed by atoms with Gasteiger partial charge in [-0.25, -0.2) is 9.78 Å². The van der Waals surface area contributed by atoms with E-state index in [-0.39, 0.29) is 12.1 Å². The van der Waals surface area contributed by atoms with Crippen LogP contribution in [0.5, 0.6) is 0 Å².